The summed E-state index contributed by atoms with van der Waals surface area (Å²) in [6.07, 6.45) is -0.408. The minimum Gasteiger partial charge on any atom is -0.294 e. The van der Waals surface area contributed by atoms with Gasteiger partial charge in [0.15, 0.2) is 5.78 Å². The van der Waals surface area contributed by atoms with Crippen molar-refractivity contribution in [1.29, 1.82) is 0 Å². The molecule has 0 bridgehead atoms. The predicted molar refractivity (Wildman–Crippen MR) is 60.8 cm³/mol. The van der Waals surface area contributed by atoms with Gasteiger partial charge in [-0.3, -0.25) is 4.79 Å². The lowest BCUT2D eigenvalue weighted by atomic mass is 10.0. The molecule has 0 amide bonds. The van der Waals surface area contributed by atoms with Crippen molar-refractivity contribution in [2.45, 2.75) is 6.42 Å². The Balaban J connectivity index is 2.28. The number of halogens is 4. The van der Waals surface area contributed by atoms with Crippen LogP contribution in [0.15, 0.2) is 36.4 Å². The summed E-state index contributed by atoms with van der Waals surface area (Å²) in [5, 5.41) is 0. The number of rotatable bonds is 3. The molecule has 5 heteroatoms. The second-order valence-corrected chi connectivity index (χ2v) is 4.00. The fraction of sp³-hybridized carbons (Fsp3) is 0.0714. The second-order valence-electron chi connectivity index (χ2n) is 4.00. The van der Waals surface area contributed by atoms with E-state index in [9.17, 15) is 22.4 Å². The first-order valence-corrected chi connectivity index (χ1v) is 5.39. The minimum absolute atomic E-state index is 0.0613. The van der Waals surface area contributed by atoms with Gasteiger partial charge in [-0.1, -0.05) is 0 Å². The lowest BCUT2D eigenvalue weighted by Crippen LogP contribution is -2.07. The van der Waals surface area contributed by atoms with Crippen LogP contribution in [-0.4, -0.2) is 5.78 Å². The van der Waals surface area contributed by atoms with Gasteiger partial charge in [-0.15, -0.1) is 0 Å². The monoisotopic (exact) mass is 268 g/mol. The quantitative estimate of drug-likeness (QED) is 0.613. The van der Waals surface area contributed by atoms with Gasteiger partial charge in [-0.25, -0.2) is 17.6 Å². The fourth-order valence-corrected chi connectivity index (χ4v) is 1.70. The molecule has 2 aromatic rings. The molecular formula is C14H8F4O. The Morgan fingerprint density at radius 1 is 0.842 bits per heavy atom. The molecule has 0 heterocycles. The van der Waals surface area contributed by atoms with Crippen molar-refractivity contribution in [2.24, 2.45) is 0 Å². The van der Waals surface area contributed by atoms with Gasteiger partial charge in [0, 0.05) is 12.5 Å². The highest BCUT2D eigenvalue weighted by Gasteiger charge is 2.14. The highest BCUT2D eigenvalue weighted by Crippen LogP contribution is 2.15. The molecule has 2 rings (SSSR count). The molecule has 0 atom stereocenters. The molecule has 0 N–H and O–H groups in total. The molecule has 0 aliphatic heterocycles. The number of Topliss-reactive ketones (excluding diaryl/α,β-unsaturated/α-hetero) is 1. The van der Waals surface area contributed by atoms with Crippen molar-refractivity contribution in [3.05, 3.63) is 70.8 Å². The second kappa shape index (κ2) is 5.22. The van der Waals surface area contributed by atoms with E-state index in [1.54, 1.807) is 0 Å². The standard InChI is InChI=1S/C14H8F4O/c15-9-1-2-13(18)12(7-9)14(19)5-8-3-10(16)6-11(17)4-8/h1-4,6-7H,5H2. The molecule has 2 aromatic carbocycles. The average Bonchev–Trinajstić information content (AvgIpc) is 2.30. The molecule has 1 nitrogen and oxygen atoms in total. The summed E-state index contributed by atoms with van der Waals surface area (Å²) in [6.45, 7) is 0. The van der Waals surface area contributed by atoms with Crippen LogP contribution in [0.25, 0.3) is 0 Å². The Morgan fingerprint density at radius 3 is 2.11 bits per heavy atom. The van der Waals surface area contributed by atoms with E-state index in [1.165, 1.54) is 0 Å². The summed E-state index contributed by atoms with van der Waals surface area (Å²) in [5.41, 5.74) is -0.379. The van der Waals surface area contributed by atoms with Crippen LogP contribution in [0.4, 0.5) is 17.6 Å². The Labute approximate surface area is 106 Å². The molecule has 98 valence electrons. The van der Waals surface area contributed by atoms with Gasteiger partial charge in [-0.05, 0) is 35.9 Å². The predicted octanol–water partition coefficient (Wildman–Crippen LogP) is 3.67. The number of carbonyl (C=O) groups is 1. The highest BCUT2D eigenvalue weighted by atomic mass is 19.1. The first kappa shape index (κ1) is 13.3. The van der Waals surface area contributed by atoms with Crippen LogP contribution in [0.3, 0.4) is 0 Å². The summed E-state index contributed by atoms with van der Waals surface area (Å²) in [5.74, 6) is -4.04. The normalized spacial score (nSPS) is 10.5. The third kappa shape index (κ3) is 3.19. The summed E-state index contributed by atoms with van der Waals surface area (Å²) in [7, 11) is 0. The van der Waals surface area contributed by atoms with Crippen LogP contribution < -0.4 is 0 Å². The maximum absolute atomic E-state index is 13.3. The topological polar surface area (TPSA) is 17.1 Å². The van der Waals surface area contributed by atoms with Crippen LogP contribution in [0.2, 0.25) is 0 Å². The Kier molecular flexibility index (Phi) is 3.64. The van der Waals surface area contributed by atoms with Crippen LogP contribution in [0, 0.1) is 23.3 Å². The molecule has 0 fully saturated rings. The van der Waals surface area contributed by atoms with E-state index in [2.05, 4.69) is 0 Å². The van der Waals surface area contributed by atoms with Crippen molar-refractivity contribution < 1.29 is 22.4 Å². The largest absolute Gasteiger partial charge is 0.294 e. The van der Waals surface area contributed by atoms with Crippen molar-refractivity contribution in [3.8, 4) is 0 Å². The minimum atomic E-state index is -0.872. The van der Waals surface area contributed by atoms with E-state index >= 15 is 0 Å². The van der Waals surface area contributed by atoms with Crippen LogP contribution in [0.5, 0.6) is 0 Å². The molecule has 0 aliphatic rings. The lowest BCUT2D eigenvalue weighted by molar-refractivity contribution is 0.0988. The third-order valence-corrected chi connectivity index (χ3v) is 2.52. The zero-order valence-electron chi connectivity index (χ0n) is 9.59. The van der Waals surface area contributed by atoms with Gasteiger partial charge in [0.2, 0.25) is 0 Å². The van der Waals surface area contributed by atoms with Crippen molar-refractivity contribution >= 4 is 5.78 Å². The van der Waals surface area contributed by atoms with Gasteiger partial charge >= 0.3 is 0 Å². The number of carbonyl (C=O) groups excluding carboxylic acids is 1. The first-order valence-electron chi connectivity index (χ1n) is 5.39. The van der Waals surface area contributed by atoms with Crippen molar-refractivity contribution in [3.63, 3.8) is 0 Å². The third-order valence-electron chi connectivity index (χ3n) is 2.52. The molecule has 0 unspecified atom stereocenters. The summed E-state index contributed by atoms with van der Waals surface area (Å²) >= 11 is 0. The van der Waals surface area contributed by atoms with Crippen LogP contribution in [0.1, 0.15) is 15.9 Å². The molecule has 19 heavy (non-hydrogen) atoms. The van der Waals surface area contributed by atoms with E-state index in [-0.39, 0.29) is 5.56 Å². The maximum Gasteiger partial charge on any atom is 0.170 e. The summed E-state index contributed by atoms with van der Waals surface area (Å²) < 4.78 is 52.2. The van der Waals surface area contributed by atoms with E-state index < -0.39 is 41.0 Å². The molecule has 0 saturated heterocycles. The van der Waals surface area contributed by atoms with Gasteiger partial charge < -0.3 is 0 Å². The summed E-state index contributed by atoms with van der Waals surface area (Å²) in [4.78, 5) is 11.8. The van der Waals surface area contributed by atoms with Gasteiger partial charge in [-0.2, -0.15) is 0 Å². The SMILES string of the molecule is O=C(Cc1cc(F)cc(F)c1)c1cc(F)ccc1F. The molecule has 0 aromatic heterocycles. The van der Waals surface area contributed by atoms with Gasteiger partial charge in [0.05, 0.1) is 5.56 Å². The van der Waals surface area contributed by atoms with E-state index in [0.29, 0.717) is 6.07 Å². The molecule has 0 aliphatic carbocycles. The smallest absolute Gasteiger partial charge is 0.170 e. The lowest BCUT2D eigenvalue weighted by Gasteiger charge is -2.04. The molecule has 0 spiro atoms. The van der Waals surface area contributed by atoms with E-state index in [1.807, 2.05) is 0 Å². The van der Waals surface area contributed by atoms with Gasteiger partial charge in [0.25, 0.3) is 0 Å². The van der Waals surface area contributed by atoms with E-state index in [4.69, 9.17) is 0 Å². The molecule has 0 saturated carbocycles. The van der Waals surface area contributed by atoms with Crippen LogP contribution >= 0.6 is 0 Å². The average molecular weight is 268 g/mol. The number of ketones is 1. The first-order chi connectivity index (χ1) is 8.95. The van der Waals surface area contributed by atoms with Crippen molar-refractivity contribution in [1.82, 2.24) is 0 Å². The summed E-state index contributed by atoms with van der Waals surface area (Å²) in [6, 6.07) is 5.07. The Hall–Kier alpha value is -2.17. The zero-order valence-corrected chi connectivity index (χ0v) is 9.59. The van der Waals surface area contributed by atoms with Crippen molar-refractivity contribution in [2.75, 3.05) is 0 Å². The molecule has 0 radical (unpaired) electrons. The Bertz CT molecular complexity index is 617. The Morgan fingerprint density at radius 2 is 1.47 bits per heavy atom. The number of benzene rings is 2. The van der Waals surface area contributed by atoms with Gasteiger partial charge in [0.1, 0.15) is 23.3 Å². The number of hydrogen-bond donors (Lipinski definition) is 0. The molecular weight excluding hydrogens is 260 g/mol. The maximum atomic E-state index is 13.3. The zero-order chi connectivity index (χ0) is 14.0. The number of hydrogen-bond acceptors (Lipinski definition) is 1. The van der Waals surface area contributed by atoms with Crippen LogP contribution in [-0.2, 0) is 6.42 Å². The highest BCUT2D eigenvalue weighted by molar-refractivity contribution is 5.97. The van der Waals surface area contributed by atoms with E-state index in [0.717, 1.165) is 30.3 Å². The fourth-order valence-electron chi connectivity index (χ4n) is 1.70.